The number of fused-ring (bicyclic) bond motifs is 2. The Kier molecular flexibility index (Phi) is 4.32. The fourth-order valence-corrected chi connectivity index (χ4v) is 4.35. The highest BCUT2D eigenvalue weighted by molar-refractivity contribution is 5.89. The predicted molar refractivity (Wildman–Crippen MR) is 109 cm³/mol. The van der Waals surface area contributed by atoms with E-state index in [1.54, 1.807) is 6.20 Å². The first-order valence-electron chi connectivity index (χ1n) is 9.94. The maximum atomic E-state index is 13.6. The number of carbonyl (C=O) groups is 1. The van der Waals surface area contributed by atoms with Crippen molar-refractivity contribution < 1.29 is 14.6 Å². The van der Waals surface area contributed by atoms with Crippen LogP contribution in [-0.4, -0.2) is 34.0 Å². The maximum Gasteiger partial charge on any atom is 0.234 e. The Morgan fingerprint density at radius 2 is 1.52 bits per heavy atom. The highest BCUT2D eigenvalue weighted by Gasteiger charge is 2.40. The van der Waals surface area contributed by atoms with Crippen LogP contribution in [0.25, 0.3) is 0 Å². The number of ether oxygens (including phenoxy) is 1. The molecule has 1 amide bonds. The molecule has 146 valence electrons. The predicted octanol–water partition coefficient (Wildman–Crippen LogP) is 3.83. The molecule has 29 heavy (non-hydrogen) atoms. The molecule has 0 atom stereocenters. The normalized spacial score (nSPS) is 17.8. The summed E-state index contributed by atoms with van der Waals surface area (Å²) in [6.07, 6.45) is 2.64. The number of rotatable bonds is 2. The van der Waals surface area contributed by atoms with Gasteiger partial charge >= 0.3 is 0 Å². The van der Waals surface area contributed by atoms with Crippen molar-refractivity contribution >= 4 is 5.91 Å². The van der Waals surface area contributed by atoms with Crippen LogP contribution >= 0.6 is 0 Å². The first-order chi connectivity index (χ1) is 14.2. The van der Waals surface area contributed by atoms with E-state index >= 15 is 0 Å². The van der Waals surface area contributed by atoms with Crippen molar-refractivity contribution in [3.05, 3.63) is 89.7 Å². The number of nitrogens with zero attached hydrogens (tertiary/aromatic N) is 2. The summed E-state index contributed by atoms with van der Waals surface area (Å²) in [4.78, 5) is 19.8. The highest BCUT2D eigenvalue weighted by Crippen LogP contribution is 2.45. The Balaban J connectivity index is 1.42. The van der Waals surface area contributed by atoms with Gasteiger partial charge in [0.2, 0.25) is 5.91 Å². The summed E-state index contributed by atoms with van der Waals surface area (Å²) in [5, 5.41) is 11.0. The van der Waals surface area contributed by atoms with E-state index in [2.05, 4.69) is 4.98 Å². The lowest BCUT2D eigenvalue weighted by molar-refractivity contribution is -0.136. The van der Waals surface area contributed by atoms with Gasteiger partial charge in [-0.1, -0.05) is 42.5 Å². The van der Waals surface area contributed by atoms with Crippen LogP contribution in [0.15, 0.2) is 72.9 Å². The van der Waals surface area contributed by atoms with Crippen LogP contribution in [0.5, 0.6) is 11.5 Å². The largest absolute Gasteiger partial charge is 0.457 e. The average molecular weight is 386 g/mol. The summed E-state index contributed by atoms with van der Waals surface area (Å²) in [5.74, 6) is 1.12. The van der Waals surface area contributed by atoms with Crippen molar-refractivity contribution in [1.29, 1.82) is 0 Å². The number of hydrogen-bond acceptors (Lipinski definition) is 4. The molecule has 1 fully saturated rings. The molecule has 5 nitrogen and oxygen atoms in total. The van der Waals surface area contributed by atoms with Gasteiger partial charge in [0.15, 0.2) is 0 Å². The smallest absolute Gasteiger partial charge is 0.234 e. The quantitative estimate of drug-likeness (QED) is 0.727. The molecule has 3 aromatic rings. The number of piperidine rings is 1. The molecule has 0 unspecified atom stereocenters. The molecule has 0 saturated carbocycles. The molecule has 2 aliphatic rings. The van der Waals surface area contributed by atoms with Gasteiger partial charge in [-0.2, -0.15) is 0 Å². The van der Waals surface area contributed by atoms with Gasteiger partial charge in [0.25, 0.3) is 0 Å². The van der Waals surface area contributed by atoms with Gasteiger partial charge < -0.3 is 14.7 Å². The van der Waals surface area contributed by atoms with Gasteiger partial charge in [0, 0.05) is 30.4 Å². The molecule has 0 bridgehead atoms. The highest BCUT2D eigenvalue weighted by atomic mass is 16.5. The lowest BCUT2D eigenvalue weighted by Gasteiger charge is -2.40. The number of amides is 1. The van der Waals surface area contributed by atoms with Crippen molar-refractivity contribution in [3.8, 4) is 11.5 Å². The molecule has 0 spiro atoms. The van der Waals surface area contributed by atoms with Crippen molar-refractivity contribution in [3.63, 3.8) is 0 Å². The molecule has 1 N–H and O–H groups in total. The number of benzene rings is 2. The lowest BCUT2D eigenvalue weighted by atomic mass is 9.84. The second-order valence-corrected chi connectivity index (χ2v) is 7.68. The molecule has 1 saturated heterocycles. The number of pyridine rings is 1. The first kappa shape index (κ1) is 17.9. The molecule has 0 aliphatic carbocycles. The van der Waals surface area contributed by atoms with Crippen LogP contribution in [0, 0.1) is 0 Å². The average Bonchev–Trinajstić information content (AvgIpc) is 2.78. The van der Waals surface area contributed by atoms with Crippen LogP contribution in [0.3, 0.4) is 0 Å². The van der Waals surface area contributed by atoms with Crippen LogP contribution in [0.4, 0.5) is 0 Å². The SMILES string of the molecule is O=C(C1c2ccccc2Oc2ccccc21)N1CCC(O)(c2ccccn2)CC1. The van der Waals surface area contributed by atoms with Crippen LogP contribution in [0.1, 0.15) is 35.6 Å². The second-order valence-electron chi connectivity index (χ2n) is 7.68. The first-order valence-corrected chi connectivity index (χ1v) is 9.94. The lowest BCUT2D eigenvalue weighted by Crippen LogP contribution is -2.47. The summed E-state index contributed by atoms with van der Waals surface area (Å²) in [6, 6.07) is 21.0. The zero-order valence-corrected chi connectivity index (χ0v) is 16.0. The minimum atomic E-state index is -0.983. The van der Waals surface area contributed by atoms with E-state index in [0.717, 1.165) is 22.6 Å². The third-order valence-electron chi connectivity index (χ3n) is 5.97. The summed E-state index contributed by atoms with van der Waals surface area (Å²) in [5.41, 5.74) is 1.47. The van der Waals surface area contributed by atoms with Crippen molar-refractivity contribution in [1.82, 2.24) is 9.88 Å². The zero-order chi connectivity index (χ0) is 19.8. The Morgan fingerprint density at radius 3 is 2.10 bits per heavy atom. The number of aliphatic hydroxyl groups is 1. The van der Waals surface area contributed by atoms with Crippen molar-refractivity contribution in [2.24, 2.45) is 0 Å². The second kappa shape index (κ2) is 7.01. The van der Waals surface area contributed by atoms with E-state index < -0.39 is 11.5 Å². The third kappa shape index (κ3) is 3.08. The molecule has 3 heterocycles. The maximum absolute atomic E-state index is 13.6. The molecule has 2 aliphatic heterocycles. The Hall–Kier alpha value is -3.18. The number of hydrogen-bond donors (Lipinski definition) is 1. The summed E-state index contributed by atoms with van der Waals surface area (Å²) < 4.78 is 6.02. The van der Waals surface area contributed by atoms with Gasteiger partial charge in [-0.15, -0.1) is 0 Å². The fourth-order valence-electron chi connectivity index (χ4n) is 4.35. The van der Waals surface area contributed by atoms with Crippen molar-refractivity contribution in [2.75, 3.05) is 13.1 Å². The van der Waals surface area contributed by atoms with Gasteiger partial charge in [-0.3, -0.25) is 9.78 Å². The standard InChI is InChI=1S/C24H22N2O3/c27-23(26-15-12-24(28,13-16-26)21-11-5-6-14-25-21)22-17-7-1-3-9-19(17)29-20-10-4-2-8-18(20)22/h1-11,14,22,28H,12-13,15-16H2. The Morgan fingerprint density at radius 1 is 0.931 bits per heavy atom. The van der Waals surface area contributed by atoms with E-state index in [4.69, 9.17) is 4.74 Å². The Bertz CT molecular complexity index is 997. The number of para-hydroxylation sites is 2. The number of aromatic nitrogens is 1. The van der Waals surface area contributed by atoms with Gasteiger partial charge in [0.05, 0.1) is 11.6 Å². The summed E-state index contributed by atoms with van der Waals surface area (Å²) >= 11 is 0. The minimum Gasteiger partial charge on any atom is -0.457 e. The van der Waals surface area contributed by atoms with E-state index in [9.17, 15) is 9.90 Å². The topological polar surface area (TPSA) is 62.7 Å². The van der Waals surface area contributed by atoms with Crippen LogP contribution in [-0.2, 0) is 10.4 Å². The molecular weight excluding hydrogens is 364 g/mol. The number of likely N-dealkylation sites (tertiary alicyclic amines) is 1. The molecule has 2 aromatic carbocycles. The molecule has 0 radical (unpaired) electrons. The van der Waals surface area contributed by atoms with E-state index in [1.807, 2.05) is 71.6 Å². The zero-order valence-electron chi connectivity index (χ0n) is 16.0. The summed E-state index contributed by atoms with van der Waals surface area (Å²) in [7, 11) is 0. The summed E-state index contributed by atoms with van der Waals surface area (Å²) in [6.45, 7) is 0.987. The minimum absolute atomic E-state index is 0.0521. The fraction of sp³-hybridized carbons (Fsp3) is 0.250. The Labute approximate surface area is 169 Å². The van der Waals surface area contributed by atoms with E-state index in [0.29, 0.717) is 31.6 Å². The molecular formula is C24H22N2O3. The molecule has 1 aromatic heterocycles. The van der Waals surface area contributed by atoms with E-state index in [-0.39, 0.29) is 5.91 Å². The van der Waals surface area contributed by atoms with Crippen LogP contribution < -0.4 is 4.74 Å². The third-order valence-corrected chi connectivity index (χ3v) is 5.97. The molecule has 5 rings (SSSR count). The molecule has 5 heteroatoms. The van der Waals surface area contributed by atoms with Crippen molar-refractivity contribution in [2.45, 2.75) is 24.4 Å². The van der Waals surface area contributed by atoms with Gasteiger partial charge in [-0.05, 0) is 37.1 Å². The monoisotopic (exact) mass is 386 g/mol. The van der Waals surface area contributed by atoms with E-state index in [1.165, 1.54) is 0 Å². The van der Waals surface area contributed by atoms with Gasteiger partial charge in [0.1, 0.15) is 17.1 Å². The van der Waals surface area contributed by atoms with Crippen LogP contribution in [0.2, 0.25) is 0 Å². The number of carbonyl (C=O) groups excluding carboxylic acids is 1. The van der Waals surface area contributed by atoms with Gasteiger partial charge in [-0.25, -0.2) is 0 Å².